The van der Waals surface area contributed by atoms with E-state index in [2.05, 4.69) is 82.8 Å². The van der Waals surface area contributed by atoms with Gasteiger partial charge in [-0.15, -0.1) is 0 Å². The van der Waals surface area contributed by atoms with Crippen LogP contribution in [-0.2, 0) is 10.4 Å². The van der Waals surface area contributed by atoms with E-state index in [0.29, 0.717) is 5.56 Å². The molecular formula is C29H38N6O5S. The molecule has 220 valence electrons. The summed E-state index contributed by atoms with van der Waals surface area (Å²) in [6.07, 6.45) is 3.42. The largest absolute Gasteiger partial charge is 0.394 e. The lowest BCUT2D eigenvalue weighted by Crippen LogP contribution is -2.21. The van der Waals surface area contributed by atoms with Crippen LogP contribution in [0.15, 0.2) is 83.0 Å². The number of nitrogens with zero attached hydrogens (tertiary/aromatic N) is 4. The normalized spacial score (nSPS) is 11.2. The number of carbonyl (C=O) groups excluding carboxylic acids is 1. The van der Waals surface area contributed by atoms with Crippen molar-refractivity contribution in [3.8, 4) is 0 Å². The summed E-state index contributed by atoms with van der Waals surface area (Å²) in [7, 11) is -4.67. The first-order valence-electron chi connectivity index (χ1n) is 13.2. The molecule has 1 amide bonds. The molecule has 12 heteroatoms. The molecule has 3 rings (SSSR count). The zero-order valence-electron chi connectivity index (χ0n) is 23.7. The van der Waals surface area contributed by atoms with E-state index >= 15 is 0 Å². The number of nitrogens with one attached hydrogen (secondary N) is 2. The molecule has 11 nitrogen and oxygen atoms in total. The van der Waals surface area contributed by atoms with Crippen molar-refractivity contribution in [1.29, 1.82) is 0 Å². The molecule has 3 aromatic carbocycles. The summed E-state index contributed by atoms with van der Waals surface area (Å²) in [5, 5.41) is 8.38. The smallest absolute Gasteiger partial charge is 0.372 e. The minimum Gasteiger partial charge on any atom is -0.372 e. The molecule has 0 bridgehead atoms. The summed E-state index contributed by atoms with van der Waals surface area (Å²) < 4.78 is 31.6. The predicted molar refractivity (Wildman–Crippen MR) is 167 cm³/mol. The molecular weight excluding hydrogens is 544 g/mol. The Morgan fingerprint density at radius 1 is 0.707 bits per heavy atom. The summed E-state index contributed by atoms with van der Waals surface area (Å²) in [6, 6.07) is 23.5. The Morgan fingerprint density at radius 2 is 1.10 bits per heavy atom. The summed E-state index contributed by atoms with van der Waals surface area (Å²) in [5.41, 5.74) is 11.2. The molecule has 3 aromatic rings. The number of hydrazone groups is 2. The van der Waals surface area contributed by atoms with Crippen molar-refractivity contribution in [2.45, 2.75) is 27.7 Å². The van der Waals surface area contributed by atoms with Crippen molar-refractivity contribution < 1.29 is 22.3 Å². The monoisotopic (exact) mass is 582 g/mol. The zero-order valence-corrected chi connectivity index (χ0v) is 24.5. The van der Waals surface area contributed by atoms with Gasteiger partial charge in [0.05, 0.1) is 18.1 Å². The highest BCUT2D eigenvalue weighted by molar-refractivity contribution is 7.79. The highest BCUT2D eigenvalue weighted by Crippen LogP contribution is 2.15. The maximum atomic E-state index is 12.4. The molecule has 0 fully saturated rings. The van der Waals surface area contributed by atoms with Crippen LogP contribution in [0.1, 0.15) is 49.2 Å². The Morgan fingerprint density at radius 3 is 1.49 bits per heavy atom. The first kappa shape index (κ1) is 32.9. The van der Waals surface area contributed by atoms with Gasteiger partial charge >= 0.3 is 10.4 Å². The van der Waals surface area contributed by atoms with E-state index in [9.17, 15) is 4.79 Å². The van der Waals surface area contributed by atoms with Crippen LogP contribution in [-0.4, -0.2) is 62.0 Å². The van der Waals surface area contributed by atoms with Crippen molar-refractivity contribution in [2.24, 2.45) is 10.2 Å². The second-order valence-corrected chi connectivity index (χ2v) is 9.52. The molecule has 0 radical (unpaired) electrons. The van der Waals surface area contributed by atoms with Gasteiger partial charge in [0.2, 0.25) is 0 Å². The fraction of sp³-hybridized carbons (Fsp3) is 0.276. The van der Waals surface area contributed by atoms with E-state index in [4.69, 9.17) is 17.5 Å². The third-order valence-corrected chi connectivity index (χ3v) is 5.98. The number of carbonyl (C=O) groups is 1. The lowest BCUT2D eigenvalue weighted by Gasteiger charge is -2.20. The van der Waals surface area contributed by atoms with Gasteiger partial charge in [0.25, 0.3) is 5.91 Å². The van der Waals surface area contributed by atoms with Gasteiger partial charge in [-0.05, 0) is 87.4 Å². The lowest BCUT2D eigenvalue weighted by atomic mass is 10.2. The Labute approximate surface area is 242 Å². The standard InChI is InChI=1S/C29H36N6O.H2O4S/c1-5-34(6-2)27-17-9-23(10-18-27)21-30-32-26-15-13-25(14-16-26)29(36)33-31-22-24-11-19-28(20-12-24)35(7-3)8-4;1-5(2,3)4/h9-22,32H,5-8H2,1-4H3,(H,33,36);(H2,1,2,3,4). The van der Waals surface area contributed by atoms with Gasteiger partial charge in [0.1, 0.15) is 0 Å². The molecule has 0 aliphatic heterocycles. The molecule has 0 aliphatic carbocycles. The summed E-state index contributed by atoms with van der Waals surface area (Å²) >= 11 is 0. The molecule has 0 unspecified atom stereocenters. The SMILES string of the molecule is CCN(CC)c1ccc(C=NNC(=O)c2ccc(NN=Cc3ccc(N(CC)CC)cc3)cc2)cc1.O=S(=O)(O)O. The minimum absolute atomic E-state index is 0.269. The second kappa shape index (κ2) is 16.8. The van der Waals surface area contributed by atoms with Crippen LogP contribution in [0.2, 0.25) is 0 Å². The third kappa shape index (κ3) is 12.2. The Bertz CT molecular complexity index is 1360. The highest BCUT2D eigenvalue weighted by Gasteiger charge is 2.05. The average molecular weight is 583 g/mol. The van der Waals surface area contributed by atoms with Crippen LogP contribution in [0.5, 0.6) is 0 Å². The third-order valence-electron chi connectivity index (χ3n) is 5.98. The van der Waals surface area contributed by atoms with Gasteiger partial charge < -0.3 is 9.80 Å². The van der Waals surface area contributed by atoms with Gasteiger partial charge in [-0.3, -0.25) is 19.3 Å². The molecule has 0 atom stereocenters. The molecule has 41 heavy (non-hydrogen) atoms. The van der Waals surface area contributed by atoms with Crippen LogP contribution in [0.4, 0.5) is 17.1 Å². The molecule has 4 N–H and O–H groups in total. The van der Waals surface area contributed by atoms with Crippen molar-refractivity contribution in [2.75, 3.05) is 41.4 Å². The highest BCUT2D eigenvalue weighted by atomic mass is 32.3. The zero-order chi connectivity index (χ0) is 30.3. The summed E-state index contributed by atoms with van der Waals surface area (Å²) in [6.45, 7) is 12.5. The van der Waals surface area contributed by atoms with Crippen LogP contribution in [0.25, 0.3) is 0 Å². The molecule has 0 heterocycles. The summed E-state index contributed by atoms with van der Waals surface area (Å²) in [5.74, 6) is -0.269. The van der Waals surface area contributed by atoms with Crippen LogP contribution < -0.4 is 20.7 Å². The molecule has 0 saturated carbocycles. The van der Waals surface area contributed by atoms with Gasteiger partial charge in [-0.2, -0.15) is 18.6 Å². The van der Waals surface area contributed by atoms with Crippen molar-refractivity contribution in [3.05, 3.63) is 89.5 Å². The predicted octanol–water partition coefficient (Wildman–Crippen LogP) is 4.94. The van der Waals surface area contributed by atoms with Crippen molar-refractivity contribution in [3.63, 3.8) is 0 Å². The Kier molecular flexibility index (Phi) is 13.5. The van der Waals surface area contributed by atoms with Gasteiger partial charge in [0, 0.05) is 43.1 Å². The number of benzene rings is 3. The molecule has 0 spiro atoms. The minimum atomic E-state index is -4.67. The summed E-state index contributed by atoms with van der Waals surface area (Å²) in [4.78, 5) is 17.0. The topological polar surface area (TPSA) is 147 Å². The van der Waals surface area contributed by atoms with Gasteiger partial charge in [-0.25, -0.2) is 5.43 Å². The first-order valence-corrected chi connectivity index (χ1v) is 14.6. The first-order chi connectivity index (χ1) is 19.6. The average Bonchev–Trinajstić information content (AvgIpc) is 2.95. The fourth-order valence-electron chi connectivity index (χ4n) is 3.83. The molecule has 0 saturated heterocycles. The number of amides is 1. The van der Waals surface area contributed by atoms with E-state index in [0.717, 1.165) is 43.0 Å². The molecule has 0 aromatic heterocycles. The number of hydrogen-bond acceptors (Lipinski definition) is 8. The van der Waals surface area contributed by atoms with E-state index in [1.54, 1.807) is 24.6 Å². The number of anilines is 3. The van der Waals surface area contributed by atoms with Crippen molar-refractivity contribution in [1.82, 2.24) is 5.43 Å². The maximum absolute atomic E-state index is 12.4. The fourth-order valence-corrected chi connectivity index (χ4v) is 3.83. The van der Waals surface area contributed by atoms with Gasteiger partial charge in [0.15, 0.2) is 0 Å². The number of rotatable bonds is 12. The van der Waals surface area contributed by atoms with E-state index in [1.807, 2.05) is 36.4 Å². The number of hydrogen-bond donors (Lipinski definition) is 4. The Balaban J connectivity index is 0.00000108. The van der Waals surface area contributed by atoms with E-state index in [1.165, 1.54) is 11.4 Å². The van der Waals surface area contributed by atoms with Crippen LogP contribution in [0, 0.1) is 0 Å². The Hall–Kier alpha value is -4.26. The van der Waals surface area contributed by atoms with Gasteiger partial charge in [-0.1, -0.05) is 24.3 Å². The van der Waals surface area contributed by atoms with Crippen LogP contribution >= 0.6 is 0 Å². The van der Waals surface area contributed by atoms with Crippen LogP contribution in [0.3, 0.4) is 0 Å². The quantitative estimate of drug-likeness (QED) is 0.133. The second-order valence-electron chi connectivity index (χ2n) is 8.62. The van der Waals surface area contributed by atoms with E-state index < -0.39 is 10.4 Å². The van der Waals surface area contributed by atoms with E-state index in [-0.39, 0.29) is 5.91 Å². The molecule has 0 aliphatic rings. The maximum Gasteiger partial charge on any atom is 0.394 e. The lowest BCUT2D eigenvalue weighted by molar-refractivity contribution is 0.0955. The van der Waals surface area contributed by atoms with Crippen molar-refractivity contribution >= 4 is 45.8 Å².